The van der Waals surface area contributed by atoms with Gasteiger partial charge in [-0.2, -0.15) is 14.6 Å². The average Bonchev–Trinajstić information content (AvgIpc) is 3.62. The van der Waals surface area contributed by atoms with E-state index in [0.717, 1.165) is 23.8 Å². The van der Waals surface area contributed by atoms with Crippen molar-refractivity contribution in [1.29, 1.82) is 0 Å². The number of hydrogen-bond donors (Lipinski definition) is 3. The first-order valence-electron chi connectivity index (χ1n) is 11.2. The number of nitrogen functional groups attached to an aromatic ring is 1. The number of furan rings is 1. The average molecular weight is 476 g/mol. The Morgan fingerprint density at radius 3 is 2.77 bits per heavy atom. The second kappa shape index (κ2) is 9.81. The minimum absolute atomic E-state index is 0.0375. The SMILES string of the molecule is NCCNC(=O)COc1ccc(CCCn2ncc3c2nc(N)n2nc(-c4ccco4)nc32)cc1. The van der Waals surface area contributed by atoms with Crippen molar-refractivity contribution in [2.75, 3.05) is 25.4 Å². The lowest BCUT2D eigenvalue weighted by Gasteiger charge is -2.08. The minimum Gasteiger partial charge on any atom is -0.484 e. The summed E-state index contributed by atoms with van der Waals surface area (Å²) in [6.07, 6.45) is 4.98. The van der Waals surface area contributed by atoms with Crippen LogP contribution < -0.4 is 21.5 Å². The van der Waals surface area contributed by atoms with E-state index in [1.165, 1.54) is 4.52 Å². The lowest BCUT2D eigenvalue weighted by atomic mass is 10.1. The molecule has 0 unspecified atom stereocenters. The topological polar surface area (TPSA) is 164 Å². The van der Waals surface area contributed by atoms with Crippen LogP contribution in [0.5, 0.6) is 5.75 Å². The second-order valence-electron chi connectivity index (χ2n) is 7.90. The molecule has 4 heterocycles. The minimum atomic E-state index is -0.194. The summed E-state index contributed by atoms with van der Waals surface area (Å²) in [5.74, 6) is 1.67. The maximum Gasteiger partial charge on any atom is 0.257 e. The van der Waals surface area contributed by atoms with Crippen LogP contribution in [0.4, 0.5) is 5.95 Å². The number of benzene rings is 1. The van der Waals surface area contributed by atoms with Crippen LogP contribution in [0, 0.1) is 0 Å². The molecule has 35 heavy (non-hydrogen) atoms. The van der Waals surface area contributed by atoms with E-state index in [9.17, 15) is 4.79 Å². The van der Waals surface area contributed by atoms with E-state index in [4.69, 9.17) is 20.6 Å². The largest absolute Gasteiger partial charge is 0.484 e. The van der Waals surface area contributed by atoms with Gasteiger partial charge in [-0.25, -0.2) is 9.67 Å². The molecule has 12 heteroatoms. The smallest absolute Gasteiger partial charge is 0.257 e. The van der Waals surface area contributed by atoms with Gasteiger partial charge in [-0.1, -0.05) is 12.1 Å². The number of fused-ring (bicyclic) bond motifs is 3. The molecule has 0 aliphatic rings. The first kappa shape index (κ1) is 22.3. The molecule has 0 saturated heterocycles. The summed E-state index contributed by atoms with van der Waals surface area (Å²) < 4.78 is 14.2. The zero-order valence-electron chi connectivity index (χ0n) is 18.9. The third kappa shape index (κ3) is 4.77. The Labute approximate surface area is 199 Å². The van der Waals surface area contributed by atoms with Crippen LogP contribution in [0.15, 0.2) is 53.3 Å². The molecule has 180 valence electrons. The predicted molar refractivity (Wildman–Crippen MR) is 129 cm³/mol. The maximum atomic E-state index is 11.6. The molecule has 1 amide bonds. The highest BCUT2D eigenvalue weighted by molar-refractivity contribution is 5.90. The molecule has 0 atom stereocenters. The number of ether oxygens (including phenoxy) is 1. The van der Waals surface area contributed by atoms with Gasteiger partial charge in [-0.3, -0.25) is 4.79 Å². The van der Waals surface area contributed by atoms with Crippen molar-refractivity contribution in [1.82, 2.24) is 34.7 Å². The molecule has 0 radical (unpaired) electrons. The summed E-state index contributed by atoms with van der Waals surface area (Å²) in [5, 5.41) is 12.3. The van der Waals surface area contributed by atoms with E-state index in [-0.39, 0.29) is 18.5 Å². The van der Waals surface area contributed by atoms with E-state index in [0.29, 0.717) is 48.3 Å². The first-order chi connectivity index (χ1) is 17.1. The Kier molecular flexibility index (Phi) is 6.26. The van der Waals surface area contributed by atoms with Crippen molar-refractivity contribution in [3.05, 3.63) is 54.4 Å². The van der Waals surface area contributed by atoms with Crippen molar-refractivity contribution in [2.45, 2.75) is 19.4 Å². The van der Waals surface area contributed by atoms with Crippen LogP contribution in [0.2, 0.25) is 0 Å². The Balaban J connectivity index is 1.22. The summed E-state index contributed by atoms with van der Waals surface area (Å²) in [6.45, 7) is 1.45. The molecule has 4 aromatic heterocycles. The normalized spacial score (nSPS) is 11.3. The van der Waals surface area contributed by atoms with Crippen LogP contribution in [-0.4, -0.2) is 55.0 Å². The quantitative estimate of drug-likeness (QED) is 0.271. The van der Waals surface area contributed by atoms with E-state index >= 15 is 0 Å². The van der Waals surface area contributed by atoms with Gasteiger partial charge in [0, 0.05) is 19.6 Å². The monoisotopic (exact) mass is 475 g/mol. The number of nitrogens with one attached hydrogen (secondary N) is 1. The number of nitrogens with two attached hydrogens (primary N) is 2. The summed E-state index contributed by atoms with van der Waals surface area (Å²) in [7, 11) is 0. The van der Waals surface area contributed by atoms with Gasteiger partial charge in [-0.05, 0) is 42.7 Å². The van der Waals surface area contributed by atoms with Gasteiger partial charge < -0.3 is 25.9 Å². The molecule has 5 rings (SSSR count). The molecule has 5 N–H and O–H groups in total. The van der Waals surface area contributed by atoms with Gasteiger partial charge in [0.15, 0.2) is 23.7 Å². The van der Waals surface area contributed by atoms with Gasteiger partial charge in [-0.15, -0.1) is 5.10 Å². The fourth-order valence-corrected chi connectivity index (χ4v) is 3.73. The first-order valence-corrected chi connectivity index (χ1v) is 11.2. The molecule has 0 fully saturated rings. The Bertz CT molecular complexity index is 1440. The Morgan fingerprint density at radius 2 is 2.00 bits per heavy atom. The van der Waals surface area contributed by atoms with E-state index in [1.54, 1.807) is 24.6 Å². The summed E-state index contributed by atoms with van der Waals surface area (Å²) >= 11 is 0. The zero-order chi connectivity index (χ0) is 24.2. The zero-order valence-corrected chi connectivity index (χ0v) is 18.9. The Hall–Kier alpha value is -4.45. The van der Waals surface area contributed by atoms with Crippen LogP contribution in [0.3, 0.4) is 0 Å². The van der Waals surface area contributed by atoms with Gasteiger partial charge >= 0.3 is 0 Å². The number of rotatable bonds is 10. The van der Waals surface area contributed by atoms with Crippen LogP contribution in [-0.2, 0) is 17.8 Å². The molecule has 5 aromatic rings. The van der Waals surface area contributed by atoms with Gasteiger partial charge in [0.2, 0.25) is 11.8 Å². The summed E-state index contributed by atoms with van der Waals surface area (Å²) in [6, 6.07) is 11.3. The number of nitrogens with zero attached hydrogens (tertiary/aromatic N) is 6. The fourth-order valence-electron chi connectivity index (χ4n) is 3.73. The van der Waals surface area contributed by atoms with Gasteiger partial charge in [0.25, 0.3) is 5.91 Å². The van der Waals surface area contributed by atoms with Gasteiger partial charge in [0.1, 0.15) is 5.75 Å². The predicted octanol–water partition coefficient (Wildman–Crippen LogP) is 1.40. The highest BCUT2D eigenvalue weighted by Crippen LogP contribution is 2.23. The molecular formula is C23H25N9O3. The lowest BCUT2D eigenvalue weighted by molar-refractivity contribution is -0.123. The number of carbonyl (C=O) groups is 1. The van der Waals surface area contributed by atoms with Gasteiger partial charge in [0.05, 0.1) is 17.8 Å². The van der Waals surface area contributed by atoms with Crippen molar-refractivity contribution >= 4 is 28.5 Å². The summed E-state index contributed by atoms with van der Waals surface area (Å²) in [4.78, 5) is 20.7. The number of amides is 1. The molecule has 0 aliphatic carbocycles. The fraction of sp³-hybridized carbons (Fsp3) is 0.261. The molecule has 0 bridgehead atoms. The molecule has 12 nitrogen and oxygen atoms in total. The highest BCUT2D eigenvalue weighted by Gasteiger charge is 2.17. The lowest BCUT2D eigenvalue weighted by Crippen LogP contribution is -2.32. The number of hydrogen-bond acceptors (Lipinski definition) is 9. The van der Waals surface area contributed by atoms with Crippen molar-refractivity contribution in [3.8, 4) is 17.3 Å². The number of aryl methyl sites for hydroxylation is 2. The van der Waals surface area contributed by atoms with Crippen LogP contribution in [0.1, 0.15) is 12.0 Å². The molecular weight excluding hydrogens is 450 g/mol. The number of aromatic nitrogens is 6. The highest BCUT2D eigenvalue weighted by atomic mass is 16.5. The maximum absolute atomic E-state index is 11.6. The molecule has 0 aliphatic heterocycles. The Morgan fingerprint density at radius 1 is 1.14 bits per heavy atom. The summed E-state index contributed by atoms with van der Waals surface area (Å²) in [5.41, 5.74) is 13.9. The van der Waals surface area contributed by atoms with E-state index < -0.39 is 0 Å². The van der Waals surface area contributed by atoms with Crippen molar-refractivity contribution in [3.63, 3.8) is 0 Å². The van der Waals surface area contributed by atoms with Crippen molar-refractivity contribution < 1.29 is 13.9 Å². The third-order valence-electron chi connectivity index (χ3n) is 5.43. The second-order valence-corrected chi connectivity index (χ2v) is 7.90. The molecule has 0 saturated carbocycles. The van der Waals surface area contributed by atoms with Crippen LogP contribution >= 0.6 is 0 Å². The standard InChI is InChI=1S/C23H25N9O3/c24-9-10-26-19(33)14-35-16-7-5-15(6-8-16)3-1-11-31-21-17(13-27-31)22-28-20(18-4-2-12-34-18)30-32(22)23(25)29-21/h2,4-8,12-13H,1,3,9-11,14,24H2,(H2,25,29)(H,26,33). The van der Waals surface area contributed by atoms with E-state index in [1.807, 2.05) is 28.9 Å². The number of carbonyl (C=O) groups excluding carboxylic acids is 1. The molecule has 0 spiro atoms. The third-order valence-corrected chi connectivity index (χ3v) is 5.43. The van der Waals surface area contributed by atoms with Crippen LogP contribution in [0.25, 0.3) is 28.3 Å². The number of anilines is 1. The van der Waals surface area contributed by atoms with Crippen molar-refractivity contribution in [2.24, 2.45) is 5.73 Å². The van der Waals surface area contributed by atoms with E-state index in [2.05, 4.69) is 25.5 Å². The molecule has 1 aromatic carbocycles.